The molecule has 3 heterocycles. The summed E-state index contributed by atoms with van der Waals surface area (Å²) in [6.45, 7) is 13.9. The number of nitrogens with one attached hydrogen (secondary N) is 1. The van der Waals surface area contributed by atoms with Crippen LogP contribution in [0.4, 0.5) is 0 Å². The zero-order valence-corrected chi connectivity index (χ0v) is 26.5. The van der Waals surface area contributed by atoms with E-state index in [9.17, 15) is 4.79 Å². The van der Waals surface area contributed by atoms with Gasteiger partial charge in [-0.15, -0.1) is 11.3 Å². The Morgan fingerprint density at radius 2 is 1.98 bits per heavy atom. The molecule has 2 aliphatic heterocycles. The van der Waals surface area contributed by atoms with Crippen LogP contribution < -0.4 is 5.32 Å². The minimum Gasteiger partial charge on any atom is -0.404 e. The third-order valence-electron chi connectivity index (χ3n) is 10.1. The molecule has 10 heteroatoms. The molecule has 0 spiro atoms. The maximum Gasteiger partial charge on any atom is 0.481 e. The van der Waals surface area contributed by atoms with Crippen LogP contribution in [0.15, 0.2) is 40.9 Å². The van der Waals surface area contributed by atoms with Gasteiger partial charge in [0.2, 0.25) is 5.60 Å². The quantitative estimate of drug-likeness (QED) is 0.345. The van der Waals surface area contributed by atoms with E-state index in [1.54, 1.807) is 11.3 Å². The van der Waals surface area contributed by atoms with Gasteiger partial charge in [-0.2, -0.15) is 0 Å². The Kier molecular flexibility index (Phi) is 8.04. The Morgan fingerprint density at radius 3 is 2.67 bits per heavy atom. The molecule has 3 saturated carbocycles. The monoisotopic (exact) mass is 593 g/mol. The third-order valence-corrected chi connectivity index (χ3v) is 10.9. The van der Waals surface area contributed by atoms with Gasteiger partial charge in [-0.1, -0.05) is 63.2 Å². The highest BCUT2D eigenvalue weighted by atomic mass is 32.1. The van der Waals surface area contributed by atoms with Crippen molar-refractivity contribution in [2.24, 2.45) is 28.3 Å². The number of thiazole rings is 1. The fourth-order valence-electron chi connectivity index (χ4n) is 7.71. The fourth-order valence-corrected chi connectivity index (χ4v) is 8.31. The molecule has 1 aromatic heterocycles. The molecule has 7 rings (SSSR count). The number of nitrogens with zero attached hydrogens (tertiary/aromatic N) is 2. The van der Waals surface area contributed by atoms with Crippen molar-refractivity contribution in [1.82, 2.24) is 10.3 Å². The summed E-state index contributed by atoms with van der Waals surface area (Å²) in [6.07, 6.45) is 3.75. The fraction of sp³-hybridized carbons (Fsp3) is 0.656. The molecule has 1 unspecified atom stereocenters. The molecule has 0 radical (unpaired) electrons. The number of amides is 1. The normalized spacial score (nSPS) is 31.7. The van der Waals surface area contributed by atoms with Crippen LogP contribution in [-0.4, -0.2) is 53.6 Å². The average molecular weight is 594 g/mol. The number of carbonyl (C=O) groups is 1. The summed E-state index contributed by atoms with van der Waals surface area (Å²) in [6, 6.07) is 9.97. The molecule has 3 aliphatic carbocycles. The molecule has 6 atom stereocenters. The molecule has 4 fully saturated rings. The van der Waals surface area contributed by atoms with Gasteiger partial charge >= 0.3 is 7.12 Å². The first-order valence-corrected chi connectivity index (χ1v) is 16.3. The van der Waals surface area contributed by atoms with E-state index in [-0.39, 0.29) is 35.6 Å². The molecule has 42 heavy (non-hydrogen) atoms. The van der Waals surface area contributed by atoms with Crippen LogP contribution in [0.25, 0.3) is 0 Å². The Hall–Kier alpha value is -2.27. The van der Waals surface area contributed by atoms with Crippen molar-refractivity contribution in [3.63, 3.8) is 0 Å². The van der Waals surface area contributed by atoms with Crippen molar-refractivity contribution >= 4 is 30.1 Å². The number of hydrogen-bond acceptors (Lipinski definition) is 8. The van der Waals surface area contributed by atoms with Crippen LogP contribution in [-0.2, 0) is 36.7 Å². The first kappa shape index (κ1) is 29.8. The van der Waals surface area contributed by atoms with E-state index in [2.05, 4.69) is 50.1 Å². The number of aromatic nitrogens is 1. The zero-order valence-electron chi connectivity index (χ0n) is 25.7. The summed E-state index contributed by atoms with van der Waals surface area (Å²) in [4.78, 5) is 24.8. The van der Waals surface area contributed by atoms with Gasteiger partial charge in [-0.05, 0) is 61.8 Å². The molecule has 1 N–H and O–H groups in total. The first-order chi connectivity index (χ1) is 20.0. The van der Waals surface area contributed by atoms with Gasteiger partial charge in [0.25, 0.3) is 5.91 Å². The van der Waals surface area contributed by atoms with Crippen molar-refractivity contribution in [2.45, 2.75) is 104 Å². The van der Waals surface area contributed by atoms with E-state index in [0.29, 0.717) is 42.9 Å². The van der Waals surface area contributed by atoms with Crippen LogP contribution in [0.5, 0.6) is 0 Å². The summed E-state index contributed by atoms with van der Waals surface area (Å²) < 4.78 is 19.3. The van der Waals surface area contributed by atoms with Crippen molar-refractivity contribution in [3.8, 4) is 0 Å². The minimum atomic E-state index is -1.18. The second kappa shape index (κ2) is 11.3. The van der Waals surface area contributed by atoms with Crippen molar-refractivity contribution in [3.05, 3.63) is 52.0 Å². The Bertz CT molecular complexity index is 1320. The number of hydrogen-bond donors (Lipinski definition) is 1. The molecule has 2 bridgehead atoms. The number of oxime groups is 1. The van der Waals surface area contributed by atoms with E-state index in [1.807, 2.05) is 42.6 Å². The van der Waals surface area contributed by atoms with Crippen LogP contribution in [0.1, 0.15) is 76.6 Å². The highest BCUT2D eigenvalue weighted by molar-refractivity contribution is 7.09. The number of ether oxygens (including phenoxy) is 1. The number of carbonyl (C=O) groups excluding carboxylic acids is 1. The maximum atomic E-state index is 14.3. The predicted molar refractivity (Wildman–Crippen MR) is 164 cm³/mol. The summed E-state index contributed by atoms with van der Waals surface area (Å²) in [5.74, 6) is 0.972. The third kappa shape index (κ3) is 5.56. The molecule has 5 aliphatic rings. The minimum absolute atomic E-state index is 0.0560. The second-order valence-electron chi connectivity index (χ2n) is 14.0. The van der Waals surface area contributed by atoms with E-state index >= 15 is 0 Å². The lowest BCUT2D eigenvalue weighted by atomic mass is 9.43. The van der Waals surface area contributed by atoms with E-state index in [1.165, 1.54) is 6.42 Å². The SMILES string of the molecule is Cc1nc(COCC2=NOC(Cc3ccccc3)(C(=O)N[C@@H](CC(C)C)B3O[C@@H]4C[C@@H]5C[C@@H](C5(C)C)[C@]4(C)O3)C2)cs1. The van der Waals surface area contributed by atoms with Gasteiger partial charge in [0.05, 0.1) is 47.3 Å². The molecule has 1 saturated heterocycles. The highest BCUT2D eigenvalue weighted by Crippen LogP contribution is 2.65. The lowest BCUT2D eigenvalue weighted by molar-refractivity contribution is -0.199. The number of rotatable bonds is 11. The lowest BCUT2D eigenvalue weighted by Crippen LogP contribution is -2.65. The largest absolute Gasteiger partial charge is 0.481 e. The summed E-state index contributed by atoms with van der Waals surface area (Å²) in [5, 5.41) is 10.7. The van der Waals surface area contributed by atoms with E-state index in [4.69, 9.17) is 18.9 Å². The molecule has 1 amide bonds. The zero-order chi connectivity index (χ0) is 29.7. The van der Waals surface area contributed by atoms with Crippen molar-refractivity contribution < 1.29 is 23.7 Å². The molecule has 1 aromatic carbocycles. The standard InChI is InChI=1S/C32H44BN3O5S/c1-20(2)12-28(33-39-27-14-23-13-26(30(23,4)5)31(27,6)40-33)35-29(37)32(15-22-10-8-7-9-11-22)16-24(36-41-32)17-38-18-25-19-42-21(3)34-25/h7-11,19-20,23,26-28H,12-18H2,1-6H3,(H,35,37)/t23-,26-,27+,28-,31-,32?/m0/s1. The highest BCUT2D eigenvalue weighted by Gasteiger charge is 2.68. The number of benzene rings is 1. The van der Waals surface area contributed by atoms with Crippen LogP contribution in [0, 0.1) is 30.1 Å². The molecular formula is C32H44BN3O5S. The topological polar surface area (TPSA) is 91.3 Å². The van der Waals surface area contributed by atoms with Gasteiger partial charge in [0, 0.05) is 18.2 Å². The smallest absolute Gasteiger partial charge is 0.404 e. The Balaban J connectivity index is 1.17. The van der Waals surface area contributed by atoms with Gasteiger partial charge in [0.15, 0.2) is 0 Å². The molecule has 8 nitrogen and oxygen atoms in total. The van der Waals surface area contributed by atoms with Crippen LogP contribution in [0.2, 0.25) is 0 Å². The van der Waals surface area contributed by atoms with E-state index < -0.39 is 12.7 Å². The van der Waals surface area contributed by atoms with Gasteiger partial charge in [-0.25, -0.2) is 4.98 Å². The van der Waals surface area contributed by atoms with Crippen LogP contribution >= 0.6 is 11.3 Å². The molecule has 226 valence electrons. The van der Waals surface area contributed by atoms with Gasteiger partial charge in [-0.3, -0.25) is 4.79 Å². The predicted octanol–water partition coefficient (Wildman–Crippen LogP) is 5.52. The van der Waals surface area contributed by atoms with Gasteiger partial charge in [0.1, 0.15) is 0 Å². The summed E-state index contributed by atoms with van der Waals surface area (Å²) in [7, 11) is -0.498. The Labute approximate surface area is 254 Å². The lowest BCUT2D eigenvalue weighted by Gasteiger charge is -2.64. The Morgan fingerprint density at radius 1 is 1.19 bits per heavy atom. The van der Waals surface area contributed by atoms with Crippen LogP contribution in [0.3, 0.4) is 0 Å². The van der Waals surface area contributed by atoms with E-state index in [0.717, 1.165) is 29.1 Å². The maximum absolute atomic E-state index is 14.3. The molecular weight excluding hydrogens is 549 g/mol. The second-order valence-corrected chi connectivity index (χ2v) is 15.0. The van der Waals surface area contributed by atoms with Crippen molar-refractivity contribution in [1.29, 1.82) is 0 Å². The van der Waals surface area contributed by atoms with Gasteiger partial charge < -0.3 is 24.2 Å². The summed E-state index contributed by atoms with van der Waals surface area (Å²) in [5.41, 5.74) is 1.36. The van der Waals surface area contributed by atoms with Crippen molar-refractivity contribution in [2.75, 3.05) is 6.61 Å². The summed E-state index contributed by atoms with van der Waals surface area (Å²) >= 11 is 1.60. The number of aryl methyl sites for hydroxylation is 1. The molecule has 2 aromatic rings. The first-order valence-electron chi connectivity index (χ1n) is 15.4. The average Bonchev–Trinajstić information content (AvgIpc) is 3.65.